The number of rotatable bonds is 3. The summed E-state index contributed by atoms with van der Waals surface area (Å²) in [6.45, 7) is 6.13. The third-order valence-electron chi connectivity index (χ3n) is 3.25. The van der Waals surface area contributed by atoms with Crippen molar-refractivity contribution in [2.75, 3.05) is 7.11 Å². The van der Waals surface area contributed by atoms with Crippen LogP contribution < -0.4 is 0 Å². The van der Waals surface area contributed by atoms with E-state index in [1.165, 1.54) is 7.11 Å². The summed E-state index contributed by atoms with van der Waals surface area (Å²) < 4.78 is 6.64. The lowest BCUT2D eigenvalue weighted by atomic mass is 9.89. The topological polar surface area (TPSA) is 61.2 Å². The fraction of sp³-hybridized carbons (Fsp3) is 0.462. The zero-order valence-electron chi connectivity index (χ0n) is 10.6. The third-order valence-corrected chi connectivity index (χ3v) is 3.25. The Bertz CT molecular complexity index is 517. The molecule has 1 aromatic heterocycles. The van der Waals surface area contributed by atoms with Crippen molar-refractivity contribution in [3.63, 3.8) is 0 Å². The summed E-state index contributed by atoms with van der Waals surface area (Å²) >= 11 is 0. The summed E-state index contributed by atoms with van der Waals surface area (Å²) in [7, 11) is 1.34. The summed E-state index contributed by atoms with van der Waals surface area (Å²) in [6.07, 6.45) is 2.44. The van der Waals surface area contributed by atoms with Crippen LogP contribution in [0.1, 0.15) is 28.4 Å². The van der Waals surface area contributed by atoms with Crippen LogP contribution in [-0.4, -0.2) is 28.4 Å². The summed E-state index contributed by atoms with van der Waals surface area (Å²) in [4.78, 5) is 27.8. The molecule has 0 spiro atoms. The van der Waals surface area contributed by atoms with E-state index in [4.69, 9.17) is 4.74 Å². The number of fused-ring (bicyclic) bond motifs is 1. The standard InChI is InChI=1S/C13H16N2O3/c1-4-5-15-8(2)14-12-10(15)6-9(7-11(12)16)13(17)18-3/h4,9H,1,5-7H2,2-3H3. The van der Waals surface area contributed by atoms with Crippen molar-refractivity contribution >= 4 is 11.8 Å². The first-order chi connectivity index (χ1) is 8.58. The van der Waals surface area contributed by atoms with Crippen molar-refractivity contribution in [1.82, 2.24) is 9.55 Å². The Kier molecular flexibility index (Phi) is 3.32. The van der Waals surface area contributed by atoms with Gasteiger partial charge in [-0.2, -0.15) is 0 Å². The van der Waals surface area contributed by atoms with Crippen molar-refractivity contribution in [3.8, 4) is 0 Å². The molecule has 0 aromatic carbocycles. The van der Waals surface area contributed by atoms with Gasteiger partial charge in [0.25, 0.3) is 0 Å². The molecular weight excluding hydrogens is 232 g/mol. The van der Waals surface area contributed by atoms with Gasteiger partial charge in [0.15, 0.2) is 5.78 Å². The SMILES string of the molecule is C=CCn1c(C)nc2c1CC(C(=O)OC)CC2=O. The van der Waals surface area contributed by atoms with E-state index in [0.29, 0.717) is 18.7 Å². The van der Waals surface area contributed by atoms with E-state index in [2.05, 4.69) is 11.6 Å². The highest BCUT2D eigenvalue weighted by Gasteiger charge is 2.34. The summed E-state index contributed by atoms with van der Waals surface area (Å²) in [5.74, 6) is -0.0380. The Morgan fingerprint density at radius 3 is 2.94 bits per heavy atom. The number of Topliss-reactive ketones (excluding diaryl/α,β-unsaturated/α-hetero) is 1. The Morgan fingerprint density at radius 1 is 1.61 bits per heavy atom. The number of ether oxygens (including phenoxy) is 1. The molecule has 18 heavy (non-hydrogen) atoms. The second-order valence-electron chi connectivity index (χ2n) is 4.41. The summed E-state index contributed by atoms with van der Waals surface area (Å²) in [5.41, 5.74) is 1.31. The van der Waals surface area contributed by atoms with Gasteiger partial charge in [0.05, 0.1) is 13.0 Å². The van der Waals surface area contributed by atoms with E-state index < -0.39 is 5.92 Å². The highest BCUT2D eigenvalue weighted by Crippen LogP contribution is 2.27. The molecule has 0 bridgehead atoms. The minimum Gasteiger partial charge on any atom is -0.469 e. The average Bonchev–Trinajstić information content (AvgIpc) is 2.67. The predicted octanol–water partition coefficient (Wildman–Crippen LogP) is 1.30. The number of nitrogens with zero attached hydrogens (tertiary/aromatic N) is 2. The Balaban J connectivity index is 2.41. The molecule has 5 nitrogen and oxygen atoms in total. The van der Waals surface area contributed by atoms with Crippen LogP contribution in [0.3, 0.4) is 0 Å². The number of hydrogen-bond donors (Lipinski definition) is 0. The lowest BCUT2D eigenvalue weighted by Gasteiger charge is -2.20. The van der Waals surface area contributed by atoms with Crippen molar-refractivity contribution in [1.29, 1.82) is 0 Å². The zero-order valence-corrected chi connectivity index (χ0v) is 10.6. The van der Waals surface area contributed by atoms with E-state index in [0.717, 1.165) is 11.5 Å². The summed E-state index contributed by atoms with van der Waals surface area (Å²) in [5, 5.41) is 0. The number of hydrogen-bond acceptors (Lipinski definition) is 4. The number of esters is 1. The lowest BCUT2D eigenvalue weighted by Crippen LogP contribution is -2.28. The fourth-order valence-electron chi connectivity index (χ4n) is 2.37. The molecule has 1 heterocycles. The van der Waals surface area contributed by atoms with Crippen molar-refractivity contribution < 1.29 is 14.3 Å². The number of carbonyl (C=O) groups excluding carboxylic acids is 2. The van der Waals surface area contributed by atoms with Gasteiger partial charge in [-0.15, -0.1) is 6.58 Å². The first-order valence-corrected chi connectivity index (χ1v) is 5.86. The molecule has 0 radical (unpaired) electrons. The van der Waals surface area contributed by atoms with Gasteiger partial charge in [-0.05, 0) is 6.92 Å². The maximum Gasteiger partial charge on any atom is 0.309 e. The van der Waals surface area contributed by atoms with Gasteiger partial charge in [0.2, 0.25) is 0 Å². The normalized spacial score (nSPS) is 18.3. The number of carbonyl (C=O) groups is 2. The molecule has 1 unspecified atom stereocenters. The first-order valence-electron chi connectivity index (χ1n) is 5.86. The van der Waals surface area contributed by atoms with Gasteiger partial charge in [-0.1, -0.05) is 6.08 Å². The summed E-state index contributed by atoms with van der Waals surface area (Å²) in [6, 6.07) is 0. The van der Waals surface area contributed by atoms with Crippen molar-refractivity contribution in [3.05, 3.63) is 29.9 Å². The van der Waals surface area contributed by atoms with Crippen molar-refractivity contribution in [2.24, 2.45) is 5.92 Å². The number of aryl methyl sites for hydroxylation is 1. The molecule has 1 aliphatic rings. The van der Waals surface area contributed by atoms with Gasteiger partial charge in [0.1, 0.15) is 11.5 Å². The van der Waals surface area contributed by atoms with E-state index >= 15 is 0 Å². The third kappa shape index (κ3) is 1.96. The molecule has 0 saturated heterocycles. The predicted molar refractivity (Wildman–Crippen MR) is 65.3 cm³/mol. The van der Waals surface area contributed by atoms with Crippen LogP contribution in [0.25, 0.3) is 0 Å². The van der Waals surface area contributed by atoms with Gasteiger partial charge < -0.3 is 9.30 Å². The Labute approximate surface area is 105 Å². The van der Waals surface area contributed by atoms with Crippen LogP contribution in [0, 0.1) is 12.8 Å². The highest BCUT2D eigenvalue weighted by atomic mass is 16.5. The highest BCUT2D eigenvalue weighted by molar-refractivity contribution is 5.99. The molecule has 1 atom stereocenters. The van der Waals surface area contributed by atoms with E-state index in [9.17, 15) is 9.59 Å². The smallest absolute Gasteiger partial charge is 0.309 e. The second-order valence-corrected chi connectivity index (χ2v) is 4.41. The number of ketones is 1. The Hall–Kier alpha value is -1.91. The molecule has 0 amide bonds. The number of aromatic nitrogens is 2. The molecule has 0 saturated carbocycles. The molecular formula is C13H16N2O3. The molecule has 5 heteroatoms. The zero-order chi connectivity index (χ0) is 13.3. The largest absolute Gasteiger partial charge is 0.469 e. The number of methoxy groups -OCH3 is 1. The minimum absolute atomic E-state index is 0.0856. The lowest BCUT2D eigenvalue weighted by molar-refractivity contribution is -0.145. The van der Waals surface area contributed by atoms with E-state index in [-0.39, 0.29) is 18.2 Å². The number of allylic oxidation sites excluding steroid dienone is 1. The van der Waals surface area contributed by atoms with Crippen LogP contribution in [0.2, 0.25) is 0 Å². The molecule has 1 aromatic rings. The van der Waals surface area contributed by atoms with E-state index in [1.807, 2.05) is 11.5 Å². The van der Waals surface area contributed by atoms with Gasteiger partial charge in [0, 0.05) is 25.1 Å². The Morgan fingerprint density at radius 2 is 2.33 bits per heavy atom. The quantitative estimate of drug-likeness (QED) is 0.597. The minimum atomic E-state index is -0.394. The van der Waals surface area contributed by atoms with Crippen LogP contribution in [0.4, 0.5) is 0 Å². The van der Waals surface area contributed by atoms with Crippen LogP contribution in [0.5, 0.6) is 0 Å². The van der Waals surface area contributed by atoms with E-state index in [1.54, 1.807) is 6.08 Å². The molecule has 0 aliphatic heterocycles. The van der Waals surface area contributed by atoms with Crippen LogP contribution >= 0.6 is 0 Å². The van der Waals surface area contributed by atoms with Gasteiger partial charge in [-0.3, -0.25) is 9.59 Å². The molecule has 2 rings (SSSR count). The molecule has 0 N–H and O–H groups in total. The molecule has 96 valence electrons. The van der Waals surface area contributed by atoms with Crippen LogP contribution in [0.15, 0.2) is 12.7 Å². The first kappa shape index (κ1) is 12.5. The monoisotopic (exact) mass is 248 g/mol. The van der Waals surface area contributed by atoms with Gasteiger partial charge in [-0.25, -0.2) is 4.98 Å². The van der Waals surface area contributed by atoms with Gasteiger partial charge >= 0.3 is 5.97 Å². The maximum atomic E-state index is 12.0. The average molecular weight is 248 g/mol. The van der Waals surface area contributed by atoms with Crippen molar-refractivity contribution in [2.45, 2.75) is 26.3 Å². The number of imidazole rings is 1. The molecule has 0 fully saturated rings. The fourth-order valence-corrected chi connectivity index (χ4v) is 2.37. The maximum absolute atomic E-state index is 12.0. The molecule has 1 aliphatic carbocycles. The second kappa shape index (κ2) is 4.76. The van der Waals surface area contributed by atoms with Crippen LogP contribution in [-0.2, 0) is 22.5 Å².